The summed E-state index contributed by atoms with van der Waals surface area (Å²) in [7, 11) is 0. The normalized spacial score (nSPS) is 26.1. The third kappa shape index (κ3) is 6.10. The fourth-order valence-corrected chi connectivity index (χ4v) is 6.16. The molecule has 4 atom stereocenters. The average molecular weight is 536 g/mol. The first kappa shape index (κ1) is 28.6. The summed E-state index contributed by atoms with van der Waals surface area (Å²) in [5.41, 5.74) is 13.3. The second-order valence-electron chi connectivity index (χ2n) is 10.2. The highest BCUT2D eigenvalue weighted by molar-refractivity contribution is 8.12. The molecule has 198 valence electrons. The van der Waals surface area contributed by atoms with Gasteiger partial charge in [0.2, 0.25) is 0 Å². The van der Waals surface area contributed by atoms with E-state index >= 15 is 4.39 Å². The predicted octanol–water partition coefficient (Wildman–Crippen LogP) is 5.50. The fourth-order valence-electron chi connectivity index (χ4n) is 4.71. The Morgan fingerprint density at radius 1 is 1.25 bits per heavy atom. The number of hydrogen-bond acceptors (Lipinski definition) is 9. The quantitative estimate of drug-likeness (QED) is 0.215. The Morgan fingerprint density at radius 2 is 1.89 bits per heavy atom. The number of hydrogen-bond donors (Lipinski definition) is 3. The molecule has 1 saturated carbocycles. The Morgan fingerprint density at radius 3 is 2.44 bits per heavy atom. The lowest BCUT2D eigenvalue weighted by molar-refractivity contribution is -0.162. The van der Waals surface area contributed by atoms with E-state index in [-0.39, 0.29) is 24.2 Å². The Kier molecular flexibility index (Phi) is 8.54. The summed E-state index contributed by atoms with van der Waals surface area (Å²) in [6, 6.07) is -0.211. The minimum absolute atomic E-state index is 0.211. The third-order valence-electron chi connectivity index (χ3n) is 6.41. The second kappa shape index (κ2) is 10.8. The highest BCUT2D eigenvalue weighted by Crippen LogP contribution is 2.48. The number of rotatable bonds is 9. The van der Waals surface area contributed by atoms with Gasteiger partial charge in [-0.2, -0.15) is 0 Å². The first-order valence-corrected chi connectivity index (χ1v) is 13.9. The molecule has 1 aromatic rings. The van der Waals surface area contributed by atoms with Gasteiger partial charge in [0.05, 0.1) is 23.4 Å². The maximum atomic E-state index is 15.2. The molecule has 10 heteroatoms. The van der Waals surface area contributed by atoms with Gasteiger partial charge in [-0.15, -0.1) is 0 Å². The highest BCUT2D eigenvalue weighted by Gasteiger charge is 2.58. The third-order valence-corrected chi connectivity index (χ3v) is 7.98. The number of nitrogens with two attached hydrogens (primary N) is 2. The van der Waals surface area contributed by atoms with Crippen molar-refractivity contribution in [3.63, 3.8) is 0 Å². The standard InChI is InChI=1S/C26H38FN5O2S2/c1-13(2)20(29)18(10-11-28)36-15(4)19-14(3)30-24(35-9)32-23(19)31-17-12-16(25(5,6)27)21-22(17)34-26(7,8)33-21/h10-11,16-17,21-22H,1,4,12,28-29H2,2-3,5-9H3,(H,30,31,32)/b11-10-,20-18-/t16-,17+,21+,22-/m0/s1. The number of allylic oxidation sites excluding steroid dienone is 2. The van der Waals surface area contributed by atoms with Gasteiger partial charge in [-0.05, 0) is 72.1 Å². The summed E-state index contributed by atoms with van der Waals surface area (Å²) in [5, 5.41) is 4.18. The molecule has 1 aromatic heterocycles. The minimum atomic E-state index is -1.42. The van der Waals surface area contributed by atoms with Crippen molar-refractivity contribution in [1.29, 1.82) is 0 Å². The van der Waals surface area contributed by atoms with Gasteiger partial charge in [-0.25, -0.2) is 14.4 Å². The number of aryl methyl sites for hydroxylation is 1. The van der Waals surface area contributed by atoms with Gasteiger partial charge in [-0.3, -0.25) is 0 Å². The Balaban J connectivity index is 2.01. The van der Waals surface area contributed by atoms with E-state index in [9.17, 15) is 0 Å². The van der Waals surface area contributed by atoms with E-state index in [2.05, 4.69) is 23.5 Å². The summed E-state index contributed by atoms with van der Waals surface area (Å²) in [6.45, 7) is 18.9. The van der Waals surface area contributed by atoms with Gasteiger partial charge in [0.1, 0.15) is 17.6 Å². The molecule has 2 fully saturated rings. The van der Waals surface area contributed by atoms with E-state index in [1.54, 1.807) is 19.9 Å². The van der Waals surface area contributed by atoms with Crippen LogP contribution in [0.3, 0.4) is 0 Å². The molecule has 0 radical (unpaired) electrons. The lowest BCUT2D eigenvalue weighted by Gasteiger charge is -2.29. The van der Waals surface area contributed by atoms with Crippen LogP contribution < -0.4 is 16.8 Å². The topological polar surface area (TPSA) is 108 Å². The molecule has 7 nitrogen and oxygen atoms in total. The first-order chi connectivity index (χ1) is 16.7. The molecule has 36 heavy (non-hydrogen) atoms. The molecule has 5 N–H and O–H groups in total. The molecule has 3 rings (SSSR count). The van der Waals surface area contributed by atoms with Gasteiger partial charge < -0.3 is 26.3 Å². The summed E-state index contributed by atoms with van der Waals surface area (Å²) < 4.78 is 27.6. The number of nitrogens with zero attached hydrogens (tertiary/aromatic N) is 2. The number of fused-ring (bicyclic) bond motifs is 1. The van der Waals surface area contributed by atoms with Crippen LogP contribution in [0.25, 0.3) is 4.91 Å². The maximum absolute atomic E-state index is 15.2. The predicted molar refractivity (Wildman–Crippen MR) is 149 cm³/mol. The molecule has 2 heterocycles. The summed E-state index contributed by atoms with van der Waals surface area (Å²) in [4.78, 5) is 10.8. The average Bonchev–Trinajstić information content (AvgIpc) is 3.25. The van der Waals surface area contributed by atoms with Crippen molar-refractivity contribution in [2.75, 3.05) is 11.6 Å². The van der Waals surface area contributed by atoms with Crippen LogP contribution >= 0.6 is 23.5 Å². The van der Waals surface area contributed by atoms with E-state index in [0.29, 0.717) is 28.0 Å². The number of nitrogens with one attached hydrogen (secondary N) is 1. The van der Waals surface area contributed by atoms with Gasteiger partial charge in [0, 0.05) is 21.4 Å². The lowest BCUT2D eigenvalue weighted by atomic mass is 9.89. The molecule has 0 spiro atoms. The summed E-state index contributed by atoms with van der Waals surface area (Å²) in [6.07, 6.45) is 4.93. The summed E-state index contributed by atoms with van der Waals surface area (Å²) >= 11 is 2.82. The number of alkyl halides is 1. The first-order valence-electron chi connectivity index (χ1n) is 11.8. The van der Waals surface area contributed by atoms with Crippen molar-refractivity contribution in [3.8, 4) is 0 Å². The smallest absolute Gasteiger partial charge is 0.189 e. The van der Waals surface area contributed by atoms with Crippen LogP contribution in [-0.2, 0) is 9.47 Å². The van der Waals surface area contributed by atoms with Crippen LogP contribution in [0.1, 0.15) is 52.3 Å². The van der Waals surface area contributed by atoms with E-state index < -0.39 is 11.5 Å². The number of aromatic nitrogens is 2. The van der Waals surface area contributed by atoms with Gasteiger partial charge in [-0.1, -0.05) is 36.7 Å². The van der Waals surface area contributed by atoms with Crippen molar-refractivity contribution in [2.45, 2.75) is 82.8 Å². The van der Waals surface area contributed by atoms with Crippen LogP contribution in [0.15, 0.2) is 46.8 Å². The molecule has 0 amide bonds. The van der Waals surface area contributed by atoms with Crippen LogP contribution in [0.5, 0.6) is 0 Å². The zero-order valence-electron chi connectivity index (χ0n) is 22.1. The highest BCUT2D eigenvalue weighted by atomic mass is 32.2. The van der Waals surface area contributed by atoms with E-state index in [1.807, 2.05) is 34.0 Å². The van der Waals surface area contributed by atoms with Crippen LogP contribution in [0.4, 0.5) is 10.2 Å². The van der Waals surface area contributed by atoms with Crippen molar-refractivity contribution in [1.82, 2.24) is 9.97 Å². The molecule has 1 saturated heterocycles. The van der Waals surface area contributed by atoms with Crippen LogP contribution in [0, 0.1) is 12.8 Å². The van der Waals surface area contributed by atoms with E-state index in [0.717, 1.165) is 21.7 Å². The number of halogens is 1. The molecule has 0 bridgehead atoms. The monoisotopic (exact) mass is 535 g/mol. The molecule has 1 aliphatic carbocycles. The van der Waals surface area contributed by atoms with Crippen molar-refractivity contribution < 1.29 is 13.9 Å². The maximum Gasteiger partial charge on any atom is 0.189 e. The summed E-state index contributed by atoms with van der Waals surface area (Å²) in [5.74, 6) is -0.504. The molecule has 1 aliphatic heterocycles. The van der Waals surface area contributed by atoms with E-state index in [4.69, 9.17) is 25.9 Å². The van der Waals surface area contributed by atoms with Gasteiger partial charge >= 0.3 is 0 Å². The number of anilines is 1. The molecular weight excluding hydrogens is 497 g/mol. The molecule has 0 unspecified atom stereocenters. The Hall–Kier alpha value is -2.01. The zero-order valence-corrected chi connectivity index (χ0v) is 23.8. The van der Waals surface area contributed by atoms with Crippen molar-refractivity contribution in [3.05, 3.63) is 52.9 Å². The van der Waals surface area contributed by atoms with Gasteiger partial charge in [0.25, 0.3) is 0 Å². The molecule has 0 aromatic carbocycles. The molecular formula is C26H38FN5O2S2. The SMILES string of the molecule is C=C(C)/C(N)=C(\C=C/N)SC(=C)c1c(C)nc(SC)nc1N[C@@H]1C[C@H](C(C)(C)F)[C@H]2OC(C)(C)O[C@H]21. The number of thioether (sulfide) groups is 2. The Labute approximate surface area is 222 Å². The van der Waals surface area contributed by atoms with E-state index in [1.165, 1.54) is 29.7 Å². The number of ether oxygens (including phenoxy) is 2. The second-order valence-corrected chi connectivity index (χ2v) is 12.1. The minimum Gasteiger partial charge on any atom is -0.405 e. The van der Waals surface area contributed by atoms with Gasteiger partial charge in [0.15, 0.2) is 10.9 Å². The zero-order chi connectivity index (χ0) is 27.0. The molecule has 2 aliphatic rings. The fraction of sp³-hybridized carbons (Fsp3) is 0.538. The Bertz CT molecular complexity index is 1100. The van der Waals surface area contributed by atoms with Crippen molar-refractivity contribution >= 4 is 34.2 Å². The van der Waals surface area contributed by atoms with Crippen LogP contribution in [0.2, 0.25) is 0 Å². The van der Waals surface area contributed by atoms with Crippen molar-refractivity contribution in [2.24, 2.45) is 17.4 Å². The largest absolute Gasteiger partial charge is 0.405 e. The van der Waals surface area contributed by atoms with Crippen LogP contribution in [-0.4, -0.2) is 45.9 Å². The lowest BCUT2D eigenvalue weighted by Crippen LogP contribution is -2.36.